The van der Waals surface area contributed by atoms with Crippen molar-refractivity contribution in [3.63, 3.8) is 0 Å². The first-order chi connectivity index (χ1) is 12.0. The molecule has 0 N–H and O–H groups in total. The van der Waals surface area contributed by atoms with Gasteiger partial charge >= 0.3 is 0 Å². The zero-order valence-electron chi connectivity index (χ0n) is 13.9. The molecule has 0 aliphatic rings. The fraction of sp³-hybridized carbons (Fsp3) is 0.222. The molecule has 3 rings (SSSR count). The molecule has 2 aromatic carbocycles. The SMILES string of the molecule is CN(C)CCN(C(=O)c1c(F)cccc1F)c1nc2ccccc2s1. The first-order valence-corrected chi connectivity index (χ1v) is 8.55. The number of fused-ring (bicyclic) bond motifs is 1. The van der Waals surface area contributed by atoms with Gasteiger partial charge in [-0.25, -0.2) is 13.8 Å². The third-order valence-electron chi connectivity index (χ3n) is 3.71. The zero-order chi connectivity index (χ0) is 18.0. The van der Waals surface area contributed by atoms with E-state index in [1.54, 1.807) is 0 Å². The first-order valence-electron chi connectivity index (χ1n) is 7.73. The van der Waals surface area contributed by atoms with Crippen LogP contribution in [0.4, 0.5) is 13.9 Å². The molecule has 1 aromatic heterocycles. The Hall–Kier alpha value is -2.38. The van der Waals surface area contributed by atoms with Gasteiger partial charge in [-0.1, -0.05) is 29.5 Å². The predicted molar refractivity (Wildman–Crippen MR) is 96.2 cm³/mol. The van der Waals surface area contributed by atoms with Crippen LogP contribution < -0.4 is 4.90 Å². The van der Waals surface area contributed by atoms with Crippen LogP contribution in [0.2, 0.25) is 0 Å². The summed E-state index contributed by atoms with van der Waals surface area (Å²) >= 11 is 1.32. The highest BCUT2D eigenvalue weighted by Crippen LogP contribution is 2.30. The van der Waals surface area contributed by atoms with Crippen LogP contribution in [0.5, 0.6) is 0 Å². The molecular weight excluding hydrogens is 344 g/mol. The largest absolute Gasteiger partial charge is 0.308 e. The van der Waals surface area contributed by atoms with Gasteiger partial charge in [-0.2, -0.15) is 0 Å². The van der Waals surface area contributed by atoms with Gasteiger partial charge in [0.1, 0.15) is 17.2 Å². The third kappa shape index (κ3) is 3.67. The van der Waals surface area contributed by atoms with E-state index in [0.717, 1.165) is 22.3 Å². The molecule has 7 heteroatoms. The Morgan fingerprint density at radius 2 is 1.72 bits per heavy atom. The van der Waals surface area contributed by atoms with E-state index in [1.807, 2.05) is 43.3 Å². The number of hydrogen-bond donors (Lipinski definition) is 0. The summed E-state index contributed by atoms with van der Waals surface area (Å²) in [5.74, 6) is -2.47. The number of anilines is 1. The standard InChI is InChI=1S/C18H17F2N3OS/c1-22(2)10-11-23(17(24)16-12(19)6-5-7-13(16)20)18-21-14-8-3-4-9-15(14)25-18/h3-9H,10-11H2,1-2H3. The number of thiazole rings is 1. The number of aromatic nitrogens is 1. The molecule has 25 heavy (non-hydrogen) atoms. The normalized spacial score (nSPS) is 11.2. The monoisotopic (exact) mass is 361 g/mol. The van der Waals surface area contributed by atoms with Gasteiger partial charge in [0.05, 0.1) is 10.2 Å². The van der Waals surface area contributed by atoms with Gasteiger partial charge in [0, 0.05) is 13.1 Å². The second-order valence-electron chi connectivity index (χ2n) is 5.82. The summed E-state index contributed by atoms with van der Waals surface area (Å²) in [4.78, 5) is 20.6. The number of nitrogens with zero attached hydrogens (tertiary/aromatic N) is 3. The zero-order valence-corrected chi connectivity index (χ0v) is 14.7. The number of rotatable bonds is 5. The number of halogens is 2. The average Bonchev–Trinajstić information content (AvgIpc) is 2.98. The summed E-state index contributed by atoms with van der Waals surface area (Å²) in [6.07, 6.45) is 0. The Labute approximate surface area is 148 Å². The topological polar surface area (TPSA) is 36.4 Å². The maximum absolute atomic E-state index is 14.1. The van der Waals surface area contributed by atoms with E-state index in [9.17, 15) is 13.6 Å². The molecule has 130 valence electrons. The summed E-state index contributed by atoms with van der Waals surface area (Å²) < 4.78 is 29.0. The van der Waals surface area contributed by atoms with Gasteiger partial charge in [0.2, 0.25) is 0 Å². The maximum atomic E-state index is 14.1. The molecule has 0 saturated heterocycles. The summed E-state index contributed by atoms with van der Waals surface area (Å²) in [7, 11) is 3.73. The number of carbonyl (C=O) groups excluding carboxylic acids is 1. The number of likely N-dealkylation sites (N-methyl/N-ethyl adjacent to an activating group) is 1. The Bertz CT molecular complexity index is 857. The van der Waals surface area contributed by atoms with Crippen molar-refractivity contribution in [2.75, 3.05) is 32.1 Å². The highest BCUT2D eigenvalue weighted by Gasteiger charge is 2.26. The first kappa shape index (κ1) is 17.4. The highest BCUT2D eigenvalue weighted by molar-refractivity contribution is 7.22. The summed E-state index contributed by atoms with van der Waals surface area (Å²) in [5.41, 5.74) is 0.194. The number of amides is 1. The molecule has 0 aliphatic heterocycles. The molecule has 3 aromatic rings. The molecule has 1 amide bonds. The Morgan fingerprint density at radius 1 is 1.04 bits per heavy atom. The lowest BCUT2D eigenvalue weighted by Gasteiger charge is -2.22. The van der Waals surface area contributed by atoms with E-state index >= 15 is 0 Å². The van der Waals surface area contributed by atoms with Crippen LogP contribution in [0.3, 0.4) is 0 Å². The molecule has 4 nitrogen and oxygen atoms in total. The minimum atomic E-state index is -0.874. The van der Waals surface area contributed by atoms with Gasteiger partial charge in [0.15, 0.2) is 5.13 Å². The second kappa shape index (κ2) is 7.25. The van der Waals surface area contributed by atoms with Crippen LogP contribution in [0.15, 0.2) is 42.5 Å². The molecule has 0 fully saturated rings. The lowest BCUT2D eigenvalue weighted by molar-refractivity contribution is 0.0977. The summed E-state index contributed by atoms with van der Waals surface area (Å²) in [5, 5.41) is 0.427. The smallest absolute Gasteiger partial charge is 0.266 e. The van der Waals surface area contributed by atoms with Crippen molar-refractivity contribution in [2.45, 2.75) is 0 Å². The fourth-order valence-corrected chi connectivity index (χ4v) is 3.39. The lowest BCUT2D eigenvalue weighted by atomic mass is 10.1. The van der Waals surface area contributed by atoms with Crippen molar-refractivity contribution in [3.8, 4) is 0 Å². The van der Waals surface area contributed by atoms with Crippen molar-refractivity contribution in [3.05, 3.63) is 59.7 Å². The number of carbonyl (C=O) groups is 1. The molecule has 0 radical (unpaired) electrons. The third-order valence-corrected chi connectivity index (χ3v) is 4.77. The minimum absolute atomic E-state index is 0.277. The molecule has 0 spiro atoms. The fourth-order valence-electron chi connectivity index (χ4n) is 2.40. The van der Waals surface area contributed by atoms with E-state index in [0.29, 0.717) is 11.7 Å². The van der Waals surface area contributed by atoms with Crippen molar-refractivity contribution in [2.24, 2.45) is 0 Å². The number of benzene rings is 2. The lowest BCUT2D eigenvalue weighted by Crippen LogP contribution is -2.37. The van der Waals surface area contributed by atoms with Crippen molar-refractivity contribution in [1.82, 2.24) is 9.88 Å². The van der Waals surface area contributed by atoms with Gasteiger partial charge in [-0.05, 0) is 38.4 Å². The molecular formula is C18H17F2N3OS. The average molecular weight is 361 g/mol. The van der Waals surface area contributed by atoms with Gasteiger partial charge in [-0.3, -0.25) is 9.69 Å². The predicted octanol–water partition coefficient (Wildman–Crippen LogP) is 3.78. The van der Waals surface area contributed by atoms with E-state index in [4.69, 9.17) is 0 Å². The van der Waals surface area contributed by atoms with E-state index in [-0.39, 0.29) is 6.54 Å². The quantitative estimate of drug-likeness (QED) is 0.694. The van der Waals surface area contributed by atoms with Crippen LogP contribution in [0.1, 0.15) is 10.4 Å². The van der Waals surface area contributed by atoms with Crippen LogP contribution in [0.25, 0.3) is 10.2 Å². The molecule has 0 unspecified atom stereocenters. The van der Waals surface area contributed by atoms with E-state index in [1.165, 1.54) is 22.3 Å². The minimum Gasteiger partial charge on any atom is -0.308 e. The van der Waals surface area contributed by atoms with Gasteiger partial charge in [0.25, 0.3) is 5.91 Å². The summed E-state index contributed by atoms with van der Waals surface area (Å²) in [6, 6.07) is 10.9. The second-order valence-corrected chi connectivity index (χ2v) is 6.83. The van der Waals surface area contributed by atoms with Crippen LogP contribution in [-0.4, -0.2) is 43.0 Å². The molecule has 1 heterocycles. The van der Waals surface area contributed by atoms with Crippen molar-refractivity contribution < 1.29 is 13.6 Å². The molecule has 0 bridgehead atoms. The molecule has 0 saturated carbocycles. The maximum Gasteiger partial charge on any atom is 0.266 e. The van der Waals surface area contributed by atoms with E-state index in [2.05, 4.69) is 4.98 Å². The van der Waals surface area contributed by atoms with Gasteiger partial charge in [-0.15, -0.1) is 0 Å². The van der Waals surface area contributed by atoms with Gasteiger partial charge < -0.3 is 4.90 Å². The number of para-hydroxylation sites is 1. The molecule has 0 atom stereocenters. The molecule has 0 aliphatic carbocycles. The Balaban J connectivity index is 2.03. The van der Waals surface area contributed by atoms with Crippen LogP contribution in [0, 0.1) is 11.6 Å². The van der Waals surface area contributed by atoms with Crippen molar-refractivity contribution >= 4 is 32.6 Å². The highest BCUT2D eigenvalue weighted by atomic mass is 32.1. The van der Waals surface area contributed by atoms with Crippen LogP contribution in [-0.2, 0) is 0 Å². The van der Waals surface area contributed by atoms with E-state index < -0.39 is 23.1 Å². The van der Waals surface area contributed by atoms with Crippen molar-refractivity contribution in [1.29, 1.82) is 0 Å². The Kier molecular flexibility index (Phi) is 5.06. The number of hydrogen-bond acceptors (Lipinski definition) is 4. The summed E-state index contributed by atoms with van der Waals surface area (Å²) in [6.45, 7) is 0.817. The van der Waals surface area contributed by atoms with Crippen LogP contribution >= 0.6 is 11.3 Å². The Morgan fingerprint density at radius 3 is 2.36 bits per heavy atom.